The fourth-order valence-electron chi connectivity index (χ4n) is 2.75. The van der Waals surface area contributed by atoms with Crippen molar-refractivity contribution in [1.29, 1.82) is 0 Å². The number of benzene rings is 2. The van der Waals surface area contributed by atoms with E-state index in [0.29, 0.717) is 5.75 Å². The maximum Gasteiger partial charge on any atom is 0.131 e. The van der Waals surface area contributed by atoms with E-state index in [9.17, 15) is 4.39 Å². The van der Waals surface area contributed by atoms with Crippen LogP contribution in [0.5, 0.6) is 11.5 Å². The van der Waals surface area contributed by atoms with Gasteiger partial charge >= 0.3 is 0 Å². The van der Waals surface area contributed by atoms with Crippen LogP contribution in [0.1, 0.15) is 24.8 Å². The normalized spacial score (nSPS) is 15.9. The minimum atomic E-state index is -0.277. The summed E-state index contributed by atoms with van der Waals surface area (Å²) in [6, 6.07) is 14.3. The van der Waals surface area contributed by atoms with E-state index in [1.54, 1.807) is 12.1 Å². The van der Waals surface area contributed by atoms with E-state index in [1.807, 2.05) is 18.2 Å². The van der Waals surface area contributed by atoms with Gasteiger partial charge < -0.3 is 4.74 Å². The van der Waals surface area contributed by atoms with Crippen molar-refractivity contribution in [2.75, 3.05) is 13.1 Å². The molecular weight excluding hydrogens is 265 g/mol. The van der Waals surface area contributed by atoms with Crippen LogP contribution in [0.2, 0.25) is 0 Å². The highest BCUT2D eigenvalue weighted by Gasteiger charge is 2.13. The van der Waals surface area contributed by atoms with Crippen molar-refractivity contribution in [2.45, 2.75) is 25.8 Å². The van der Waals surface area contributed by atoms with Gasteiger partial charge in [-0.25, -0.2) is 4.39 Å². The van der Waals surface area contributed by atoms with Gasteiger partial charge in [-0.05, 0) is 44.1 Å². The molecule has 0 aromatic heterocycles. The van der Waals surface area contributed by atoms with Gasteiger partial charge in [0.05, 0.1) is 0 Å². The van der Waals surface area contributed by atoms with Crippen LogP contribution in [0.25, 0.3) is 0 Å². The molecule has 0 radical (unpaired) electrons. The highest BCUT2D eigenvalue weighted by atomic mass is 19.1. The molecule has 0 atom stereocenters. The SMILES string of the molecule is Fc1cccc(Oc2ccccc2CN2CCCCC2)c1. The largest absolute Gasteiger partial charge is 0.457 e. The number of ether oxygens (including phenoxy) is 1. The first-order chi connectivity index (χ1) is 10.3. The van der Waals surface area contributed by atoms with E-state index in [1.165, 1.54) is 31.4 Å². The molecule has 3 heteroatoms. The second kappa shape index (κ2) is 6.72. The minimum Gasteiger partial charge on any atom is -0.457 e. The van der Waals surface area contributed by atoms with Gasteiger partial charge in [-0.1, -0.05) is 30.7 Å². The zero-order valence-electron chi connectivity index (χ0n) is 12.1. The lowest BCUT2D eigenvalue weighted by Crippen LogP contribution is -2.29. The molecule has 21 heavy (non-hydrogen) atoms. The smallest absolute Gasteiger partial charge is 0.131 e. The Balaban J connectivity index is 1.75. The van der Waals surface area contributed by atoms with Gasteiger partial charge in [0.2, 0.25) is 0 Å². The summed E-state index contributed by atoms with van der Waals surface area (Å²) >= 11 is 0. The lowest BCUT2D eigenvalue weighted by Gasteiger charge is -2.27. The summed E-state index contributed by atoms with van der Waals surface area (Å²) in [6.45, 7) is 3.19. The van der Waals surface area contributed by atoms with Crippen LogP contribution in [0.3, 0.4) is 0 Å². The first-order valence-corrected chi connectivity index (χ1v) is 7.55. The summed E-state index contributed by atoms with van der Waals surface area (Å²) < 4.78 is 19.1. The molecule has 0 aliphatic carbocycles. The summed E-state index contributed by atoms with van der Waals surface area (Å²) in [6.07, 6.45) is 3.87. The third-order valence-electron chi connectivity index (χ3n) is 3.84. The molecule has 0 bridgehead atoms. The molecule has 2 nitrogen and oxygen atoms in total. The maximum atomic E-state index is 13.3. The van der Waals surface area contributed by atoms with Crippen molar-refractivity contribution in [2.24, 2.45) is 0 Å². The van der Waals surface area contributed by atoms with Crippen LogP contribution in [0, 0.1) is 5.82 Å². The standard InChI is InChI=1S/C18H20FNO/c19-16-8-6-9-17(13-16)21-18-10-3-2-7-15(18)14-20-11-4-1-5-12-20/h2-3,6-10,13H,1,4-5,11-12,14H2. The number of piperidine rings is 1. The van der Waals surface area contributed by atoms with E-state index in [4.69, 9.17) is 4.74 Å². The summed E-state index contributed by atoms with van der Waals surface area (Å²) in [5.74, 6) is 1.08. The van der Waals surface area contributed by atoms with Gasteiger partial charge in [0.15, 0.2) is 0 Å². The van der Waals surface area contributed by atoms with Crippen molar-refractivity contribution >= 4 is 0 Å². The Morgan fingerprint density at radius 2 is 1.76 bits per heavy atom. The Labute approximate surface area is 125 Å². The van der Waals surface area contributed by atoms with Crippen molar-refractivity contribution in [3.05, 3.63) is 59.9 Å². The lowest BCUT2D eigenvalue weighted by atomic mass is 10.1. The molecule has 110 valence electrons. The van der Waals surface area contributed by atoms with E-state index in [2.05, 4.69) is 11.0 Å². The Bertz CT molecular complexity index is 593. The molecule has 1 heterocycles. The molecule has 1 fully saturated rings. The second-order valence-corrected chi connectivity index (χ2v) is 5.50. The van der Waals surface area contributed by atoms with Crippen LogP contribution in [-0.4, -0.2) is 18.0 Å². The highest BCUT2D eigenvalue weighted by Crippen LogP contribution is 2.27. The quantitative estimate of drug-likeness (QED) is 0.813. The number of nitrogens with zero attached hydrogens (tertiary/aromatic N) is 1. The second-order valence-electron chi connectivity index (χ2n) is 5.50. The Morgan fingerprint density at radius 3 is 2.57 bits per heavy atom. The molecule has 0 amide bonds. The van der Waals surface area contributed by atoms with Crippen LogP contribution in [-0.2, 0) is 6.54 Å². The molecule has 2 aromatic rings. The van der Waals surface area contributed by atoms with Crippen LogP contribution in [0.4, 0.5) is 4.39 Å². The Kier molecular flexibility index (Phi) is 4.51. The zero-order valence-corrected chi connectivity index (χ0v) is 12.1. The topological polar surface area (TPSA) is 12.5 Å². The highest BCUT2D eigenvalue weighted by molar-refractivity contribution is 5.37. The summed E-state index contributed by atoms with van der Waals surface area (Å²) in [5.41, 5.74) is 1.16. The molecule has 1 aliphatic heterocycles. The minimum absolute atomic E-state index is 0.277. The predicted molar refractivity (Wildman–Crippen MR) is 82.0 cm³/mol. The molecule has 0 saturated carbocycles. The number of rotatable bonds is 4. The lowest BCUT2D eigenvalue weighted by molar-refractivity contribution is 0.219. The molecule has 3 rings (SSSR count). The summed E-state index contributed by atoms with van der Waals surface area (Å²) in [4.78, 5) is 2.46. The average Bonchev–Trinajstić information content (AvgIpc) is 2.50. The molecule has 0 N–H and O–H groups in total. The van der Waals surface area contributed by atoms with Crippen molar-refractivity contribution in [3.8, 4) is 11.5 Å². The van der Waals surface area contributed by atoms with Gasteiger partial charge in [-0.3, -0.25) is 4.90 Å². The first kappa shape index (κ1) is 14.1. The molecule has 1 saturated heterocycles. The first-order valence-electron chi connectivity index (χ1n) is 7.55. The number of hydrogen-bond donors (Lipinski definition) is 0. The molecule has 0 unspecified atom stereocenters. The van der Waals surface area contributed by atoms with E-state index >= 15 is 0 Å². The summed E-state index contributed by atoms with van der Waals surface area (Å²) in [5, 5.41) is 0. The van der Waals surface area contributed by atoms with Crippen molar-refractivity contribution < 1.29 is 9.13 Å². The Hall–Kier alpha value is -1.87. The van der Waals surface area contributed by atoms with E-state index in [0.717, 1.165) is 30.9 Å². The van der Waals surface area contributed by atoms with Gasteiger partial charge in [0.1, 0.15) is 17.3 Å². The van der Waals surface area contributed by atoms with Gasteiger partial charge in [-0.15, -0.1) is 0 Å². The number of likely N-dealkylation sites (tertiary alicyclic amines) is 1. The number of para-hydroxylation sites is 1. The van der Waals surface area contributed by atoms with Crippen LogP contribution < -0.4 is 4.74 Å². The van der Waals surface area contributed by atoms with Gasteiger partial charge in [-0.2, -0.15) is 0 Å². The number of hydrogen-bond acceptors (Lipinski definition) is 2. The molecule has 2 aromatic carbocycles. The number of halogens is 1. The van der Waals surface area contributed by atoms with Crippen LogP contribution in [0.15, 0.2) is 48.5 Å². The van der Waals surface area contributed by atoms with E-state index < -0.39 is 0 Å². The van der Waals surface area contributed by atoms with Crippen molar-refractivity contribution in [1.82, 2.24) is 4.90 Å². The third kappa shape index (κ3) is 3.82. The summed E-state index contributed by atoms with van der Waals surface area (Å²) in [7, 11) is 0. The predicted octanol–water partition coefficient (Wildman–Crippen LogP) is 4.60. The maximum absolute atomic E-state index is 13.3. The fraction of sp³-hybridized carbons (Fsp3) is 0.333. The Morgan fingerprint density at radius 1 is 0.952 bits per heavy atom. The van der Waals surface area contributed by atoms with Crippen molar-refractivity contribution in [3.63, 3.8) is 0 Å². The van der Waals surface area contributed by atoms with Gasteiger partial charge in [0.25, 0.3) is 0 Å². The molecule has 0 spiro atoms. The third-order valence-corrected chi connectivity index (χ3v) is 3.84. The van der Waals surface area contributed by atoms with E-state index in [-0.39, 0.29) is 5.82 Å². The molecular formula is C18H20FNO. The monoisotopic (exact) mass is 285 g/mol. The average molecular weight is 285 g/mol. The molecule has 1 aliphatic rings. The fourth-order valence-corrected chi connectivity index (χ4v) is 2.75. The zero-order chi connectivity index (χ0) is 14.5. The van der Waals surface area contributed by atoms with Crippen LogP contribution >= 0.6 is 0 Å². The van der Waals surface area contributed by atoms with Gasteiger partial charge in [0, 0.05) is 18.2 Å².